The van der Waals surface area contributed by atoms with Gasteiger partial charge in [-0.05, 0) is 27.7 Å². The van der Waals surface area contributed by atoms with Crippen LogP contribution < -0.4 is 10.6 Å². The molecule has 1 rings (SSSR count). The number of nitrogens with zero attached hydrogens (tertiary/aromatic N) is 1. The Balaban J connectivity index is 2.37. The Kier molecular flexibility index (Phi) is 3.82. The smallest absolute Gasteiger partial charge is 0.240 e. The Labute approximate surface area is 94.1 Å². The molecule has 15 heavy (non-hydrogen) atoms. The molecule has 2 N–H and O–H groups in total. The van der Waals surface area contributed by atoms with Crippen molar-refractivity contribution in [1.82, 2.24) is 10.3 Å². The van der Waals surface area contributed by atoms with Crippen molar-refractivity contribution in [2.24, 2.45) is 0 Å². The molecule has 1 amide bonds. The van der Waals surface area contributed by atoms with Gasteiger partial charge in [0.1, 0.15) is 0 Å². The van der Waals surface area contributed by atoms with Crippen molar-refractivity contribution in [3.63, 3.8) is 0 Å². The van der Waals surface area contributed by atoms with Crippen molar-refractivity contribution in [2.75, 3.05) is 11.9 Å². The van der Waals surface area contributed by atoms with Crippen LogP contribution in [0.15, 0.2) is 6.20 Å². The maximum Gasteiger partial charge on any atom is 0.240 e. The average Bonchev–Trinajstić information content (AvgIpc) is 2.47. The van der Waals surface area contributed by atoms with Crippen LogP contribution in [0.4, 0.5) is 5.13 Å². The summed E-state index contributed by atoms with van der Waals surface area (Å²) in [5, 5.41) is 6.52. The van der Waals surface area contributed by atoms with E-state index in [-0.39, 0.29) is 11.4 Å². The molecule has 0 saturated heterocycles. The first-order chi connectivity index (χ1) is 6.87. The topological polar surface area (TPSA) is 54.0 Å². The average molecular weight is 227 g/mol. The van der Waals surface area contributed by atoms with Crippen molar-refractivity contribution in [3.05, 3.63) is 11.1 Å². The number of thiazole rings is 1. The van der Waals surface area contributed by atoms with Gasteiger partial charge >= 0.3 is 0 Å². The number of aromatic nitrogens is 1. The van der Waals surface area contributed by atoms with Gasteiger partial charge in [0.25, 0.3) is 0 Å². The van der Waals surface area contributed by atoms with Crippen molar-refractivity contribution in [2.45, 2.75) is 33.2 Å². The minimum atomic E-state index is -0.0562. The number of nitrogens with one attached hydrogen (secondary N) is 2. The highest BCUT2D eigenvalue weighted by Gasteiger charge is 2.11. The summed E-state index contributed by atoms with van der Waals surface area (Å²) in [6.07, 6.45) is 1.75. The number of aryl methyl sites for hydroxylation is 1. The van der Waals surface area contributed by atoms with Crippen LogP contribution in [0, 0.1) is 6.92 Å². The third kappa shape index (κ3) is 4.90. The Bertz CT molecular complexity index is 341. The van der Waals surface area contributed by atoms with Crippen molar-refractivity contribution in [1.29, 1.82) is 0 Å². The van der Waals surface area contributed by atoms with Gasteiger partial charge in [0, 0.05) is 16.6 Å². The largest absolute Gasteiger partial charge is 0.304 e. The molecule has 0 aliphatic carbocycles. The van der Waals surface area contributed by atoms with Crippen LogP contribution >= 0.6 is 11.3 Å². The maximum atomic E-state index is 11.5. The van der Waals surface area contributed by atoms with Crippen molar-refractivity contribution in [3.8, 4) is 0 Å². The number of amides is 1. The highest BCUT2D eigenvalue weighted by Crippen LogP contribution is 2.15. The zero-order chi connectivity index (χ0) is 11.5. The van der Waals surface area contributed by atoms with Crippen LogP contribution in [0.1, 0.15) is 25.6 Å². The Morgan fingerprint density at radius 1 is 1.53 bits per heavy atom. The summed E-state index contributed by atoms with van der Waals surface area (Å²) in [5.74, 6) is -0.0562. The van der Waals surface area contributed by atoms with E-state index in [0.717, 1.165) is 4.88 Å². The SMILES string of the molecule is Cc1cnc(NC(=O)CNC(C)(C)C)s1. The number of hydrogen-bond acceptors (Lipinski definition) is 4. The number of carbonyl (C=O) groups excluding carboxylic acids is 1. The summed E-state index contributed by atoms with van der Waals surface area (Å²) in [4.78, 5) is 16.6. The lowest BCUT2D eigenvalue weighted by Crippen LogP contribution is -2.41. The van der Waals surface area contributed by atoms with E-state index in [0.29, 0.717) is 11.7 Å². The first kappa shape index (κ1) is 12.1. The van der Waals surface area contributed by atoms with E-state index < -0.39 is 0 Å². The first-order valence-electron chi connectivity index (χ1n) is 4.84. The first-order valence-corrected chi connectivity index (χ1v) is 5.66. The Morgan fingerprint density at radius 2 is 2.20 bits per heavy atom. The quantitative estimate of drug-likeness (QED) is 0.827. The third-order valence-corrected chi connectivity index (χ3v) is 2.48. The molecule has 4 nitrogen and oxygen atoms in total. The minimum absolute atomic E-state index is 0.0455. The molecular weight excluding hydrogens is 210 g/mol. The van der Waals surface area contributed by atoms with Crippen LogP contribution in [-0.4, -0.2) is 23.0 Å². The lowest BCUT2D eigenvalue weighted by molar-refractivity contribution is -0.115. The zero-order valence-electron chi connectivity index (χ0n) is 9.55. The lowest BCUT2D eigenvalue weighted by atomic mass is 10.1. The highest BCUT2D eigenvalue weighted by molar-refractivity contribution is 7.15. The highest BCUT2D eigenvalue weighted by atomic mass is 32.1. The molecule has 0 atom stereocenters. The fraction of sp³-hybridized carbons (Fsp3) is 0.600. The Hall–Kier alpha value is -0.940. The van der Waals surface area contributed by atoms with E-state index in [1.54, 1.807) is 6.20 Å². The normalized spacial score (nSPS) is 11.5. The van der Waals surface area contributed by atoms with Crippen LogP contribution in [0.5, 0.6) is 0 Å². The molecule has 0 aromatic carbocycles. The van der Waals surface area contributed by atoms with Crippen LogP contribution in [0.2, 0.25) is 0 Å². The molecule has 0 aliphatic heterocycles. The summed E-state index contributed by atoms with van der Waals surface area (Å²) in [5.41, 5.74) is -0.0455. The fourth-order valence-electron chi connectivity index (χ4n) is 0.921. The molecule has 0 spiro atoms. The summed E-state index contributed by atoms with van der Waals surface area (Å²) in [6, 6.07) is 0. The van der Waals surface area contributed by atoms with Crippen molar-refractivity contribution >= 4 is 22.4 Å². The van der Waals surface area contributed by atoms with E-state index >= 15 is 0 Å². The van der Waals surface area contributed by atoms with E-state index in [1.165, 1.54) is 11.3 Å². The molecule has 0 unspecified atom stereocenters. The van der Waals surface area contributed by atoms with Crippen molar-refractivity contribution < 1.29 is 4.79 Å². The molecule has 0 aliphatic rings. The number of carbonyl (C=O) groups is 1. The van der Waals surface area contributed by atoms with Gasteiger partial charge in [-0.1, -0.05) is 0 Å². The monoisotopic (exact) mass is 227 g/mol. The van der Waals surface area contributed by atoms with Gasteiger partial charge in [-0.3, -0.25) is 4.79 Å². The second-order valence-electron chi connectivity index (χ2n) is 4.43. The molecule has 1 heterocycles. The second kappa shape index (κ2) is 4.72. The predicted molar refractivity (Wildman–Crippen MR) is 63.2 cm³/mol. The van der Waals surface area contributed by atoms with Gasteiger partial charge < -0.3 is 10.6 Å². The van der Waals surface area contributed by atoms with E-state index in [9.17, 15) is 4.79 Å². The standard InChI is InChI=1S/C10H17N3OS/c1-7-5-11-9(15-7)13-8(14)6-12-10(2,3)4/h5,12H,6H2,1-4H3,(H,11,13,14). The van der Waals surface area contributed by atoms with Crippen LogP contribution in [0.3, 0.4) is 0 Å². The number of hydrogen-bond donors (Lipinski definition) is 2. The predicted octanol–water partition coefficient (Wildman–Crippen LogP) is 1.78. The maximum absolute atomic E-state index is 11.5. The van der Waals surface area contributed by atoms with Crippen LogP contribution in [0.25, 0.3) is 0 Å². The van der Waals surface area contributed by atoms with Gasteiger partial charge in [0.05, 0.1) is 6.54 Å². The molecule has 5 heteroatoms. The molecule has 0 bridgehead atoms. The molecule has 1 aromatic heterocycles. The summed E-state index contributed by atoms with van der Waals surface area (Å²) < 4.78 is 0. The summed E-state index contributed by atoms with van der Waals surface area (Å²) >= 11 is 1.48. The van der Waals surface area contributed by atoms with Gasteiger partial charge in [-0.25, -0.2) is 4.98 Å². The summed E-state index contributed by atoms with van der Waals surface area (Å²) in [6.45, 7) is 8.33. The molecule has 0 saturated carbocycles. The molecule has 0 radical (unpaired) electrons. The van der Waals surface area contributed by atoms with Gasteiger partial charge in [0.15, 0.2) is 5.13 Å². The molecular formula is C10H17N3OS. The molecule has 0 fully saturated rings. The fourth-order valence-corrected chi connectivity index (χ4v) is 1.60. The lowest BCUT2D eigenvalue weighted by Gasteiger charge is -2.19. The van der Waals surface area contributed by atoms with E-state index in [1.807, 2.05) is 27.7 Å². The van der Waals surface area contributed by atoms with Crippen LogP contribution in [-0.2, 0) is 4.79 Å². The number of rotatable bonds is 3. The van der Waals surface area contributed by atoms with Gasteiger partial charge in [-0.2, -0.15) is 0 Å². The van der Waals surface area contributed by atoms with Gasteiger partial charge in [-0.15, -0.1) is 11.3 Å². The summed E-state index contributed by atoms with van der Waals surface area (Å²) in [7, 11) is 0. The van der Waals surface area contributed by atoms with E-state index in [4.69, 9.17) is 0 Å². The zero-order valence-corrected chi connectivity index (χ0v) is 10.4. The molecule has 1 aromatic rings. The van der Waals surface area contributed by atoms with E-state index in [2.05, 4.69) is 15.6 Å². The minimum Gasteiger partial charge on any atom is -0.304 e. The van der Waals surface area contributed by atoms with Gasteiger partial charge in [0.2, 0.25) is 5.91 Å². The number of anilines is 1. The third-order valence-electron chi connectivity index (χ3n) is 1.65. The Morgan fingerprint density at radius 3 is 2.67 bits per heavy atom. The molecule has 84 valence electrons. The second-order valence-corrected chi connectivity index (χ2v) is 5.66.